The van der Waals surface area contributed by atoms with E-state index in [0.717, 1.165) is 63.6 Å². The van der Waals surface area contributed by atoms with Crippen LogP contribution in [0.3, 0.4) is 0 Å². The summed E-state index contributed by atoms with van der Waals surface area (Å²) in [7, 11) is 1.73. The lowest BCUT2D eigenvalue weighted by molar-refractivity contribution is -0.129. The maximum Gasteiger partial charge on any atom is 0.230 e. The first kappa shape index (κ1) is 22.1. The lowest BCUT2D eigenvalue weighted by Gasteiger charge is -2.40. The summed E-state index contributed by atoms with van der Waals surface area (Å²) in [5.41, 5.74) is 0.434. The zero-order chi connectivity index (χ0) is 18.5. The Morgan fingerprint density at radius 3 is 2.33 bits per heavy atom. The summed E-state index contributed by atoms with van der Waals surface area (Å²) < 4.78 is 18.9. The first-order chi connectivity index (χ1) is 12.6. The second-order valence-corrected chi connectivity index (χ2v) is 8.02. The highest BCUT2D eigenvalue weighted by atomic mass is 35.5. The van der Waals surface area contributed by atoms with Gasteiger partial charge >= 0.3 is 0 Å². The summed E-state index contributed by atoms with van der Waals surface area (Å²) >= 11 is 0. The Morgan fingerprint density at radius 2 is 1.74 bits per heavy atom. The largest absolute Gasteiger partial charge is 0.384 e. The van der Waals surface area contributed by atoms with Crippen LogP contribution in [0.25, 0.3) is 0 Å². The first-order valence-electron chi connectivity index (χ1n) is 9.84. The summed E-state index contributed by atoms with van der Waals surface area (Å²) in [6, 6.07) is 6.52. The summed E-state index contributed by atoms with van der Waals surface area (Å²) in [6.07, 6.45) is 6.92. The number of halogens is 2. The van der Waals surface area contributed by atoms with Crippen molar-refractivity contribution in [2.45, 2.75) is 50.4 Å². The predicted octanol–water partition coefficient (Wildman–Crippen LogP) is 3.58. The molecule has 152 valence electrons. The van der Waals surface area contributed by atoms with Crippen molar-refractivity contribution in [3.8, 4) is 0 Å². The van der Waals surface area contributed by atoms with Gasteiger partial charge in [-0.25, -0.2) is 4.39 Å². The van der Waals surface area contributed by atoms with E-state index >= 15 is 0 Å². The van der Waals surface area contributed by atoms with E-state index in [1.807, 2.05) is 0 Å². The van der Waals surface area contributed by atoms with Crippen LogP contribution in [0, 0.1) is 11.2 Å². The van der Waals surface area contributed by atoms with Crippen molar-refractivity contribution in [1.29, 1.82) is 0 Å². The first-order valence-corrected chi connectivity index (χ1v) is 9.84. The fraction of sp³-hybridized carbons (Fsp3) is 0.667. The number of rotatable bonds is 6. The highest BCUT2D eigenvalue weighted by Crippen LogP contribution is 2.40. The van der Waals surface area contributed by atoms with Gasteiger partial charge in [0.05, 0.1) is 12.0 Å². The Bertz CT molecular complexity index is 591. The molecule has 1 heterocycles. The molecule has 1 saturated carbocycles. The maximum atomic E-state index is 13.4. The second kappa shape index (κ2) is 9.85. The van der Waals surface area contributed by atoms with Crippen molar-refractivity contribution in [3.05, 3.63) is 35.6 Å². The van der Waals surface area contributed by atoms with Gasteiger partial charge in [0.2, 0.25) is 5.91 Å². The third-order valence-corrected chi connectivity index (χ3v) is 6.28. The van der Waals surface area contributed by atoms with Crippen molar-refractivity contribution < 1.29 is 13.9 Å². The molecular formula is C21H32ClFN2O2. The average molecular weight is 399 g/mol. The molecule has 1 aliphatic carbocycles. The Labute approximate surface area is 168 Å². The molecule has 2 aliphatic rings. The number of piperidine rings is 1. The number of methoxy groups -OCH3 is 1. The number of carbonyl (C=O) groups excluding carboxylic acids is 1. The second-order valence-electron chi connectivity index (χ2n) is 8.02. The average Bonchev–Trinajstić information content (AvgIpc) is 2.68. The summed E-state index contributed by atoms with van der Waals surface area (Å²) in [4.78, 5) is 13.3. The number of hydrogen-bond donors (Lipinski definition) is 2. The van der Waals surface area contributed by atoms with Crippen LogP contribution in [-0.4, -0.2) is 39.3 Å². The molecular weight excluding hydrogens is 367 g/mol. The smallest absolute Gasteiger partial charge is 0.230 e. The van der Waals surface area contributed by atoms with Gasteiger partial charge in [-0.3, -0.25) is 4.79 Å². The number of benzene rings is 1. The van der Waals surface area contributed by atoms with Crippen molar-refractivity contribution in [2.24, 2.45) is 5.41 Å². The van der Waals surface area contributed by atoms with E-state index in [-0.39, 0.29) is 29.5 Å². The molecule has 3 rings (SSSR count). The molecule has 0 atom stereocenters. The SMILES string of the molecule is COCC1(CNC(=O)C2(c3ccc(F)cc3)CCCCC2)CCNCC1.Cl. The summed E-state index contributed by atoms with van der Waals surface area (Å²) in [6.45, 7) is 3.23. The molecule has 2 N–H and O–H groups in total. The molecule has 6 heteroatoms. The van der Waals surface area contributed by atoms with Crippen molar-refractivity contribution in [1.82, 2.24) is 10.6 Å². The third-order valence-electron chi connectivity index (χ3n) is 6.28. The normalized spacial score (nSPS) is 21.1. The van der Waals surface area contributed by atoms with Crippen LogP contribution < -0.4 is 10.6 Å². The molecule has 1 aromatic carbocycles. The van der Waals surface area contributed by atoms with E-state index in [1.54, 1.807) is 19.2 Å². The van der Waals surface area contributed by atoms with Crippen LogP contribution in [0.5, 0.6) is 0 Å². The van der Waals surface area contributed by atoms with Crippen molar-refractivity contribution in [3.63, 3.8) is 0 Å². The molecule has 2 fully saturated rings. The Hall–Kier alpha value is -1.17. The fourth-order valence-electron chi connectivity index (χ4n) is 4.64. The Morgan fingerprint density at radius 1 is 1.11 bits per heavy atom. The summed E-state index contributed by atoms with van der Waals surface area (Å²) in [5, 5.41) is 6.64. The van der Waals surface area contributed by atoms with Gasteiger partial charge in [0.15, 0.2) is 0 Å². The van der Waals surface area contributed by atoms with Crippen LogP contribution in [-0.2, 0) is 14.9 Å². The molecule has 27 heavy (non-hydrogen) atoms. The Balaban J connectivity index is 0.00000261. The van der Waals surface area contributed by atoms with Gasteiger partial charge in [-0.05, 0) is 56.5 Å². The van der Waals surface area contributed by atoms with E-state index in [2.05, 4.69) is 10.6 Å². The van der Waals surface area contributed by atoms with E-state index in [4.69, 9.17) is 4.74 Å². The third kappa shape index (κ3) is 5.01. The van der Waals surface area contributed by atoms with Gasteiger partial charge < -0.3 is 15.4 Å². The molecule has 0 aromatic heterocycles. The molecule has 1 aromatic rings. The lowest BCUT2D eigenvalue weighted by Crippen LogP contribution is -2.52. The van der Waals surface area contributed by atoms with Crippen LogP contribution in [0.1, 0.15) is 50.5 Å². The number of nitrogens with one attached hydrogen (secondary N) is 2. The predicted molar refractivity (Wildman–Crippen MR) is 108 cm³/mol. The molecule has 0 radical (unpaired) electrons. The zero-order valence-corrected chi connectivity index (χ0v) is 17.0. The van der Waals surface area contributed by atoms with E-state index in [1.165, 1.54) is 12.1 Å². The van der Waals surface area contributed by atoms with Crippen LogP contribution in [0.2, 0.25) is 0 Å². The van der Waals surface area contributed by atoms with Gasteiger partial charge in [-0.15, -0.1) is 12.4 Å². The van der Waals surface area contributed by atoms with Crippen LogP contribution in [0.4, 0.5) is 4.39 Å². The van der Waals surface area contributed by atoms with E-state index in [9.17, 15) is 9.18 Å². The molecule has 0 bridgehead atoms. The molecule has 4 nitrogen and oxygen atoms in total. The zero-order valence-electron chi connectivity index (χ0n) is 16.2. The number of hydrogen-bond acceptors (Lipinski definition) is 3. The number of amides is 1. The molecule has 1 saturated heterocycles. The molecule has 1 amide bonds. The van der Waals surface area contributed by atoms with Gasteiger partial charge in [0.25, 0.3) is 0 Å². The Kier molecular flexibility index (Phi) is 8.07. The fourth-order valence-corrected chi connectivity index (χ4v) is 4.64. The standard InChI is InChI=1S/C21H31FN2O2.ClH/c1-26-16-20(11-13-23-14-12-20)15-24-19(25)21(9-3-2-4-10-21)17-5-7-18(22)8-6-17;/h5-8,23H,2-4,9-16H2,1H3,(H,24,25);1H. The van der Waals surface area contributed by atoms with Gasteiger partial charge in [0, 0.05) is 19.1 Å². The number of ether oxygens (including phenoxy) is 1. The monoisotopic (exact) mass is 398 g/mol. The quantitative estimate of drug-likeness (QED) is 0.770. The minimum atomic E-state index is -0.521. The highest BCUT2D eigenvalue weighted by Gasteiger charge is 2.42. The van der Waals surface area contributed by atoms with Gasteiger partial charge in [-0.2, -0.15) is 0 Å². The topological polar surface area (TPSA) is 50.4 Å². The summed E-state index contributed by atoms with van der Waals surface area (Å²) in [5.74, 6) is -0.160. The van der Waals surface area contributed by atoms with E-state index < -0.39 is 5.41 Å². The van der Waals surface area contributed by atoms with Crippen LogP contribution in [0.15, 0.2) is 24.3 Å². The minimum absolute atomic E-state index is 0. The lowest BCUT2D eigenvalue weighted by atomic mass is 9.68. The maximum absolute atomic E-state index is 13.4. The van der Waals surface area contributed by atoms with Crippen molar-refractivity contribution >= 4 is 18.3 Å². The van der Waals surface area contributed by atoms with Crippen molar-refractivity contribution in [2.75, 3.05) is 33.4 Å². The molecule has 0 unspecified atom stereocenters. The van der Waals surface area contributed by atoms with Crippen LogP contribution >= 0.6 is 12.4 Å². The van der Waals surface area contributed by atoms with Gasteiger partial charge in [-0.1, -0.05) is 31.4 Å². The van der Waals surface area contributed by atoms with E-state index in [0.29, 0.717) is 13.2 Å². The highest BCUT2D eigenvalue weighted by molar-refractivity contribution is 5.88. The molecule has 1 aliphatic heterocycles. The van der Waals surface area contributed by atoms with Gasteiger partial charge in [0.1, 0.15) is 5.82 Å². The number of carbonyl (C=O) groups is 1. The minimum Gasteiger partial charge on any atom is -0.384 e. The molecule has 0 spiro atoms.